The lowest BCUT2D eigenvalue weighted by Gasteiger charge is -2.14. The molecule has 3 rings (SSSR count). The fourth-order valence-corrected chi connectivity index (χ4v) is 2.72. The van der Waals surface area contributed by atoms with Gasteiger partial charge in [-0.3, -0.25) is 9.78 Å². The smallest absolute Gasteiger partial charge is 0.255 e. The van der Waals surface area contributed by atoms with Crippen molar-refractivity contribution in [2.45, 2.75) is 26.3 Å². The van der Waals surface area contributed by atoms with Gasteiger partial charge in [-0.2, -0.15) is 5.10 Å². The number of hydrogen-bond donors (Lipinski definition) is 1. The Morgan fingerprint density at radius 1 is 1.20 bits per heavy atom. The number of pyridine rings is 1. The monoisotopic (exact) mass is 338 g/mol. The van der Waals surface area contributed by atoms with Gasteiger partial charge in [-0.15, -0.1) is 0 Å². The second-order valence-electron chi connectivity index (χ2n) is 5.72. The Morgan fingerprint density at radius 2 is 1.88 bits per heavy atom. The van der Waals surface area contributed by atoms with E-state index in [1.165, 1.54) is 12.1 Å². The first kappa shape index (κ1) is 16.8. The molecule has 1 N–H and O–H groups in total. The van der Waals surface area contributed by atoms with Crippen molar-refractivity contribution in [3.63, 3.8) is 0 Å². The van der Waals surface area contributed by atoms with Crippen LogP contribution in [0.25, 0.3) is 5.69 Å². The van der Waals surface area contributed by atoms with Gasteiger partial charge in [-0.25, -0.2) is 9.07 Å². The van der Waals surface area contributed by atoms with Gasteiger partial charge in [0.05, 0.1) is 29.2 Å². The normalized spacial score (nSPS) is 12.0. The Labute approximate surface area is 145 Å². The van der Waals surface area contributed by atoms with Crippen LogP contribution in [0.4, 0.5) is 4.39 Å². The van der Waals surface area contributed by atoms with E-state index in [1.807, 2.05) is 26.0 Å². The second kappa shape index (κ2) is 7.25. The van der Waals surface area contributed by atoms with E-state index in [0.29, 0.717) is 12.0 Å². The predicted molar refractivity (Wildman–Crippen MR) is 93.0 cm³/mol. The maximum Gasteiger partial charge on any atom is 0.255 e. The number of nitrogens with zero attached hydrogens (tertiary/aromatic N) is 3. The average molecular weight is 338 g/mol. The lowest BCUT2D eigenvalue weighted by atomic mass is 10.1. The van der Waals surface area contributed by atoms with Crippen LogP contribution in [0.15, 0.2) is 55.0 Å². The lowest BCUT2D eigenvalue weighted by Crippen LogP contribution is -2.27. The van der Waals surface area contributed by atoms with Crippen molar-refractivity contribution < 1.29 is 9.18 Å². The molecule has 2 heterocycles. The summed E-state index contributed by atoms with van der Waals surface area (Å²) in [4.78, 5) is 16.6. The summed E-state index contributed by atoms with van der Waals surface area (Å²) in [5.74, 6) is -0.493. The second-order valence-corrected chi connectivity index (χ2v) is 5.72. The Balaban J connectivity index is 1.85. The van der Waals surface area contributed by atoms with Gasteiger partial charge in [0.2, 0.25) is 0 Å². The number of rotatable bonds is 5. The molecule has 0 aliphatic carbocycles. The largest absolute Gasteiger partial charge is 0.345 e. The molecule has 5 nitrogen and oxygen atoms in total. The number of halogens is 1. The average Bonchev–Trinajstić information content (AvgIpc) is 3.07. The molecule has 0 fully saturated rings. The van der Waals surface area contributed by atoms with E-state index < -0.39 is 0 Å². The van der Waals surface area contributed by atoms with Gasteiger partial charge in [0.15, 0.2) is 0 Å². The molecule has 0 spiro atoms. The van der Waals surface area contributed by atoms with Crippen LogP contribution in [0, 0.1) is 5.82 Å². The molecule has 0 radical (unpaired) electrons. The van der Waals surface area contributed by atoms with E-state index in [-0.39, 0.29) is 17.8 Å². The van der Waals surface area contributed by atoms with Gasteiger partial charge in [0.25, 0.3) is 5.91 Å². The summed E-state index contributed by atoms with van der Waals surface area (Å²) in [7, 11) is 0. The van der Waals surface area contributed by atoms with Crippen LogP contribution in [0.5, 0.6) is 0 Å². The molecular formula is C19H19FN4O. The third kappa shape index (κ3) is 3.57. The number of benzene rings is 1. The zero-order valence-electron chi connectivity index (χ0n) is 14.1. The van der Waals surface area contributed by atoms with E-state index in [1.54, 1.807) is 35.4 Å². The van der Waals surface area contributed by atoms with Crippen LogP contribution in [0.2, 0.25) is 0 Å². The van der Waals surface area contributed by atoms with Crippen LogP contribution in [0.3, 0.4) is 0 Å². The molecule has 0 saturated carbocycles. The SMILES string of the molecule is CCc1c(C(=O)N[C@@H](C)c2ccncc2)cnn1-c1ccc(F)cc1. The molecule has 128 valence electrons. The molecule has 25 heavy (non-hydrogen) atoms. The molecule has 1 atom stereocenters. The first-order valence-corrected chi connectivity index (χ1v) is 8.13. The first-order valence-electron chi connectivity index (χ1n) is 8.13. The Bertz CT molecular complexity index is 859. The highest BCUT2D eigenvalue weighted by Gasteiger charge is 2.19. The van der Waals surface area contributed by atoms with Gasteiger partial charge in [0, 0.05) is 12.4 Å². The molecule has 0 saturated heterocycles. The molecule has 0 aliphatic rings. The summed E-state index contributed by atoms with van der Waals surface area (Å²) in [5, 5.41) is 7.29. The van der Waals surface area contributed by atoms with Gasteiger partial charge >= 0.3 is 0 Å². The standard InChI is InChI=1S/C19H19FN4O/c1-3-18-17(12-22-24(18)16-6-4-15(20)5-7-16)19(25)23-13(2)14-8-10-21-11-9-14/h4-13H,3H2,1-2H3,(H,23,25)/t13-/m0/s1. The van der Waals surface area contributed by atoms with E-state index in [0.717, 1.165) is 16.9 Å². The van der Waals surface area contributed by atoms with Gasteiger partial charge in [0.1, 0.15) is 5.82 Å². The highest BCUT2D eigenvalue weighted by molar-refractivity contribution is 5.95. The molecule has 0 unspecified atom stereocenters. The van der Waals surface area contributed by atoms with Crippen molar-refractivity contribution in [2.75, 3.05) is 0 Å². The summed E-state index contributed by atoms with van der Waals surface area (Å²) in [6, 6.07) is 9.63. The molecule has 3 aromatic rings. The van der Waals surface area contributed by atoms with Gasteiger partial charge in [-0.1, -0.05) is 6.92 Å². The van der Waals surface area contributed by atoms with Gasteiger partial charge in [-0.05, 0) is 55.3 Å². The molecule has 1 aromatic carbocycles. The lowest BCUT2D eigenvalue weighted by molar-refractivity contribution is 0.0939. The Morgan fingerprint density at radius 3 is 2.52 bits per heavy atom. The van der Waals surface area contributed by atoms with Crippen LogP contribution in [-0.4, -0.2) is 20.7 Å². The topological polar surface area (TPSA) is 59.8 Å². The predicted octanol–water partition coefficient (Wildman–Crippen LogP) is 3.46. The number of carbonyl (C=O) groups excluding carboxylic acids is 1. The molecule has 0 bridgehead atoms. The first-order chi connectivity index (χ1) is 12.1. The molecular weight excluding hydrogens is 319 g/mol. The summed E-state index contributed by atoms with van der Waals surface area (Å²) in [5.41, 5.74) is 3.01. The highest BCUT2D eigenvalue weighted by Crippen LogP contribution is 2.18. The minimum Gasteiger partial charge on any atom is -0.345 e. The van der Waals surface area contributed by atoms with Crippen LogP contribution in [-0.2, 0) is 6.42 Å². The van der Waals surface area contributed by atoms with Crippen LogP contribution < -0.4 is 5.32 Å². The third-order valence-corrected chi connectivity index (χ3v) is 4.07. The fourth-order valence-electron chi connectivity index (χ4n) is 2.72. The van der Waals surface area contributed by atoms with E-state index in [4.69, 9.17) is 0 Å². The summed E-state index contributed by atoms with van der Waals surface area (Å²) < 4.78 is 14.8. The maximum absolute atomic E-state index is 13.1. The minimum atomic E-state index is -0.307. The van der Waals surface area contributed by atoms with Crippen molar-refractivity contribution in [3.05, 3.63) is 77.6 Å². The number of carbonyl (C=O) groups is 1. The van der Waals surface area contributed by atoms with E-state index in [2.05, 4.69) is 15.4 Å². The highest BCUT2D eigenvalue weighted by atomic mass is 19.1. The fraction of sp³-hybridized carbons (Fsp3) is 0.211. The van der Waals surface area contributed by atoms with Gasteiger partial charge < -0.3 is 5.32 Å². The molecule has 2 aromatic heterocycles. The van der Waals surface area contributed by atoms with Crippen molar-refractivity contribution in [3.8, 4) is 5.69 Å². The number of amides is 1. The minimum absolute atomic E-state index is 0.144. The quantitative estimate of drug-likeness (QED) is 0.775. The zero-order chi connectivity index (χ0) is 17.8. The summed E-state index contributed by atoms with van der Waals surface area (Å²) in [6.45, 7) is 3.88. The number of aromatic nitrogens is 3. The van der Waals surface area contributed by atoms with Crippen molar-refractivity contribution in [1.29, 1.82) is 0 Å². The molecule has 0 aliphatic heterocycles. The van der Waals surface area contributed by atoms with Crippen LogP contribution in [0.1, 0.15) is 41.5 Å². The van der Waals surface area contributed by atoms with E-state index >= 15 is 0 Å². The van der Waals surface area contributed by atoms with Crippen molar-refractivity contribution >= 4 is 5.91 Å². The van der Waals surface area contributed by atoms with Crippen molar-refractivity contribution in [1.82, 2.24) is 20.1 Å². The summed E-state index contributed by atoms with van der Waals surface area (Å²) in [6.07, 6.45) is 5.57. The number of nitrogens with one attached hydrogen (secondary N) is 1. The van der Waals surface area contributed by atoms with Crippen LogP contribution >= 0.6 is 0 Å². The Hall–Kier alpha value is -3.02. The Kier molecular flexibility index (Phi) is 4.88. The van der Waals surface area contributed by atoms with Crippen molar-refractivity contribution in [2.24, 2.45) is 0 Å². The zero-order valence-corrected chi connectivity index (χ0v) is 14.1. The number of hydrogen-bond acceptors (Lipinski definition) is 3. The molecule has 1 amide bonds. The van der Waals surface area contributed by atoms with E-state index in [9.17, 15) is 9.18 Å². The molecule has 6 heteroatoms. The third-order valence-electron chi connectivity index (χ3n) is 4.07. The maximum atomic E-state index is 13.1. The summed E-state index contributed by atoms with van der Waals surface area (Å²) >= 11 is 0.